The van der Waals surface area contributed by atoms with Gasteiger partial charge in [0.1, 0.15) is 11.9 Å². The highest BCUT2D eigenvalue weighted by Crippen LogP contribution is 2.22. The number of halogens is 1. The SMILES string of the molecule is Cc1ccc(S(=O)(=O)NC(C)C(=O)OC(C)c2nc3ccc(Cl)cc3[nH]2)cc1. The van der Waals surface area contributed by atoms with Crippen molar-refractivity contribution in [2.24, 2.45) is 0 Å². The van der Waals surface area contributed by atoms with Gasteiger partial charge in [0.05, 0.1) is 15.9 Å². The molecule has 2 atom stereocenters. The van der Waals surface area contributed by atoms with Crippen molar-refractivity contribution in [3.05, 3.63) is 58.9 Å². The van der Waals surface area contributed by atoms with E-state index in [-0.39, 0.29) is 4.90 Å². The van der Waals surface area contributed by atoms with E-state index < -0.39 is 28.1 Å². The number of ether oxygens (including phenoxy) is 1. The molecule has 3 aromatic rings. The van der Waals surface area contributed by atoms with Crippen molar-refractivity contribution in [2.45, 2.75) is 37.8 Å². The number of nitrogens with one attached hydrogen (secondary N) is 2. The van der Waals surface area contributed by atoms with Crippen molar-refractivity contribution in [1.82, 2.24) is 14.7 Å². The number of carbonyl (C=O) groups excluding carboxylic acids is 1. The Balaban J connectivity index is 1.68. The Kier molecular flexibility index (Phi) is 5.74. The molecule has 0 saturated heterocycles. The van der Waals surface area contributed by atoms with Crippen LogP contribution in [-0.2, 0) is 19.6 Å². The first-order valence-corrected chi connectivity index (χ1v) is 10.5. The highest BCUT2D eigenvalue weighted by molar-refractivity contribution is 7.89. The number of carbonyl (C=O) groups is 1. The number of aryl methyl sites for hydroxylation is 1. The average Bonchev–Trinajstić information content (AvgIpc) is 3.05. The van der Waals surface area contributed by atoms with Gasteiger partial charge in [-0.25, -0.2) is 13.4 Å². The van der Waals surface area contributed by atoms with Gasteiger partial charge in [0.15, 0.2) is 6.10 Å². The normalized spacial score (nSPS) is 14.0. The minimum Gasteiger partial charge on any atom is -0.453 e. The molecule has 0 aliphatic carbocycles. The number of rotatable bonds is 6. The summed E-state index contributed by atoms with van der Waals surface area (Å²) in [4.78, 5) is 19.8. The molecule has 0 bridgehead atoms. The molecule has 0 amide bonds. The molecule has 0 fully saturated rings. The molecule has 3 rings (SSSR count). The molecule has 2 unspecified atom stereocenters. The maximum atomic E-state index is 12.4. The van der Waals surface area contributed by atoms with E-state index in [0.29, 0.717) is 16.4 Å². The van der Waals surface area contributed by atoms with Crippen LogP contribution in [0.25, 0.3) is 11.0 Å². The van der Waals surface area contributed by atoms with Crippen LogP contribution in [0.4, 0.5) is 0 Å². The van der Waals surface area contributed by atoms with Crippen LogP contribution in [0.2, 0.25) is 5.02 Å². The molecule has 148 valence electrons. The zero-order valence-corrected chi connectivity index (χ0v) is 17.1. The van der Waals surface area contributed by atoms with Crippen LogP contribution in [0.3, 0.4) is 0 Å². The van der Waals surface area contributed by atoms with E-state index in [1.807, 2.05) is 6.92 Å². The third kappa shape index (κ3) is 4.52. The largest absolute Gasteiger partial charge is 0.453 e. The first-order chi connectivity index (χ1) is 13.2. The topological polar surface area (TPSA) is 101 Å². The molecule has 0 saturated carbocycles. The van der Waals surface area contributed by atoms with Gasteiger partial charge in [0.2, 0.25) is 10.0 Å². The van der Waals surface area contributed by atoms with Gasteiger partial charge in [0.25, 0.3) is 0 Å². The van der Waals surface area contributed by atoms with Crippen molar-refractivity contribution < 1.29 is 17.9 Å². The lowest BCUT2D eigenvalue weighted by atomic mass is 10.2. The summed E-state index contributed by atoms with van der Waals surface area (Å²) < 4.78 is 32.5. The summed E-state index contributed by atoms with van der Waals surface area (Å²) >= 11 is 5.96. The summed E-state index contributed by atoms with van der Waals surface area (Å²) in [6.07, 6.45) is -0.690. The monoisotopic (exact) mass is 421 g/mol. The molecular weight excluding hydrogens is 402 g/mol. The average molecular weight is 422 g/mol. The van der Waals surface area contributed by atoms with E-state index in [2.05, 4.69) is 14.7 Å². The lowest BCUT2D eigenvalue weighted by Crippen LogP contribution is -2.39. The zero-order valence-electron chi connectivity index (χ0n) is 15.6. The van der Waals surface area contributed by atoms with Crippen molar-refractivity contribution in [1.29, 1.82) is 0 Å². The molecule has 1 heterocycles. The van der Waals surface area contributed by atoms with E-state index in [9.17, 15) is 13.2 Å². The number of hydrogen-bond acceptors (Lipinski definition) is 5. The molecule has 0 aliphatic heterocycles. The maximum Gasteiger partial charge on any atom is 0.324 e. The Morgan fingerprint density at radius 2 is 1.86 bits per heavy atom. The molecule has 28 heavy (non-hydrogen) atoms. The third-order valence-electron chi connectivity index (χ3n) is 4.16. The Bertz CT molecular complexity index is 1110. The van der Waals surface area contributed by atoms with Crippen LogP contribution in [-0.4, -0.2) is 30.4 Å². The van der Waals surface area contributed by atoms with Crippen molar-refractivity contribution in [3.63, 3.8) is 0 Å². The number of esters is 1. The van der Waals surface area contributed by atoms with E-state index in [1.54, 1.807) is 37.3 Å². The summed E-state index contributed by atoms with van der Waals surface area (Å²) in [5.41, 5.74) is 2.35. The predicted molar refractivity (Wildman–Crippen MR) is 107 cm³/mol. The summed E-state index contributed by atoms with van der Waals surface area (Å²) in [7, 11) is -3.84. The van der Waals surface area contributed by atoms with E-state index in [0.717, 1.165) is 11.1 Å². The number of hydrogen-bond donors (Lipinski definition) is 2. The predicted octanol–water partition coefficient (Wildman–Crippen LogP) is 3.50. The van der Waals surface area contributed by atoms with Gasteiger partial charge in [-0.15, -0.1) is 0 Å². The highest BCUT2D eigenvalue weighted by Gasteiger charge is 2.25. The zero-order chi connectivity index (χ0) is 20.5. The maximum absolute atomic E-state index is 12.4. The Morgan fingerprint density at radius 3 is 2.54 bits per heavy atom. The van der Waals surface area contributed by atoms with Gasteiger partial charge in [-0.05, 0) is 51.1 Å². The molecule has 7 nitrogen and oxygen atoms in total. The number of aromatic amines is 1. The molecular formula is C19H20ClN3O4S. The second kappa shape index (κ2) is 7.90. The molecule has 0 aliphatic rings. The molecule has 2 aromatic carbocycles. The summed E-state index contributed by atoms with van der Waals surface area (Å²) in [5.74, 6) is -0.263. The summed E-state index contributed by atoms with van der Waals surface area (Å²) in [6, 6.07) is 10.5. The lowest BCUT2D eigenvalue weighted by molar-refractivity contribution is -0.150. The number of nitrogens with zero attached hydrogens (tertiary/aromatic N) is 1. The quantitative estimate of drug-likeness (QED) is 0.593. The summed E-state index contributed by atoms with van der Waals surface area (Å²) in [5, 5.41) is 0.562. The standard InChI is InChI=1S/C19H20ClN3O4S/c1-11-4-7-15(8-5-11)28(25,26)23-12(2)19(24)27-13(3)18-21-16-9-6-14(20)10-17(16)22-18/h4-10,12-13,23H,1-3H3,(H,21,22). The van der Waals surface area contributed by atoms with Gasteiger partial charge < -0.3 is 9.72 Å². The van der Waals surface area contributed by atoms with Gasteiger partial charge in [-0.3, -0.25) is 4.79 Å². The number of benzene rings is 2. The molecule has 9 heteroatoms. The first-order valence-electron chi connectivity index (χ1n) is 8.60. The van der Waals surface area contributed by atoms with E-state index in [4.69, 9.17) is 16.3 Å². The highest BCUT2D eigenvalue weighted by atomic mass is 35.5. The van der Waals surface area contributed by atoms with Crippen molar-refractivity contribution in [2.75, 3.05) is 0 Å². The fraction of sp³-hybridized carbons (Fsp3) is 0.263. The number of aromatic nitrogens is 2. The van der Waals surface area contributed by atoms with Crippen LogP contribution < -0.4 is 4.72 Å². The Hall–Kier alpha value is -2.42. The van der Waals surface area contributed by atoms with Crippen molar-refractivity contribution in [3.8, 4) is 0 Å². The number of fused-ring (bicyclic) bond motifs is 1. The third-order valence-corrected chi connectivity index (χ3v) is 5.95. The van der Waals surface area contributed by atoms with Crippen LogP contribution in [0, 0.1) is 6.92 Å². The number of H-pyrrole nitrogens is 1. The van der Waals surface area contributed by atoms with Crippen molar-refractivity contribution >= 4 is 38.6 Å². The Labute approximate surface area is 168 Å². The van der Waals surface area contributed by atoms with E-state index >= 15 is 0 Å². The first kappa shape index (κ1) is 20.3. The van der Waals surface area contributed by atoms with Gasteiger partial charge in [-0.2, -0.15) is 4.72 Å². The van der Waals surface area contributed by atoms with Crippen LogP contribution in [0.15, 0.2) is 47.4 Å². The second-order valence-electron chi connectivity index (χ2n) is 6.52. The van der Waals surface area contributed by atoms with Gasteiger partial charge in [0, 0.05) is 5.02 Å². The minimum atomic E-state index is -3.84. The second-order valence-corrected chi connectivity index (χ2v) is 8.67. The van der Waals surface area contributed by atoms with Gasteiger partial charge >= 0.3 is 5.97 Å². The smallest absolute Gasteiger partial charge is 0.324 e. The van der Waals surface area contributed by atoms with Crippen LogP contribution >= 0.6 is 11.6 Å². The number of sulfonamides is 1. The van der Waals surface area contributed by atoms with Crippen LogP contribution in [0.5, 0.6) is 0 Å². The summed E-state index contributed by atoms with van der Waals surface area (Å²) in [6.45, 7) is 4.94. The minimum absolute atomic E-state index is 0.0833. The number of imidazole rings is 1. The fourth-order valence-corrected chi connectivity index (χ4v) is 3.96. The fourth-order valence-electron chi connectivity index (χ4n) is 2.59. The van der Waals surface area contributed by atoms with Gasteiger partial charge in [-0.1, -0.05) is 29.3 Å². The van der Waals surface area contributed by atoms with Crippen LogP contribution in [0.1, 0.15) is 31.3 Å². The molecule has 1 aromatic heterocycles. The molecule has 0 spiro atoms. The van der Waals surface area contributed by atoms with E-state index in [1.165, 1.54) is 19.1 Å². The Morgan fingerprint density at radius 1 is 1.18 bits per heavy atom. The lowest BCUT2D eigenvalue weighted by Gasteiger charge is -2.16. The molecule has 0 radical (unpaired) electrons. The molecule has 2 N–H and O–H groups in total.